The van der Waals surface area contributed by atoms with Crippen molar-refractivity contribution in [2.45, 2.75) is 26.3 Å². The second kappa shape index (κ2) is 8.88. The van der Waals surface area contributed by atoms with Crippen LogP contribution in [0.2, 0.25) is 0 Å². The number of amides is 1. The molecule has 0 aliphatic carbocycles. The summed E-state index contributed by atoms with van der Waals surface area (Å²) in [4.78, 5) is 24.8. The van der Waals surface area contributed by atoms with Gasteiger partial charge in [0.2, 0.25) is 15.9 Å². The molecule has 7 nitrogen and oxygen atoms in total. The maximum absolute atomic E-state index is 13.0. The predicted molar refractivity (Wildman–Crippen MR) is 109 cm³/mol. The number of sulfonamides is 1. The molecule has 1 unspecified atom stereocenters. The van der Waals surface area contributed by atoms with Gasteiger partial charge in [0.1, 0.15) is 6.04 Å². The van der Waals surface area contributed by atoms with Crippen LogP contribution < -0.4 is 9.62 Å². The molecule has 8 heteroatoms. The van der Waals surface area contributed by atoms with E-state index in [1.165, 1.54) is 7.11 Å². The van der Waals surface area contributed by atoms with Gasteiger partial charge in [-0.05, 0) is 43.2 Å². The standard InChI is InChI=1S/C20H24N2O5S/c1-5-18(22(28(4,25)26)15-10-7-6-8-11-15)19(23)21-17-13-9-12-16(14(17)2)20(24)27-3/h6-13,18H,5H2,1-4H3,(H,21,23). The van der Waals surface area contributed by atoms with Gasteiger partial charge in [0.25, 0.3) is 0 Å². The molecule has 0 aromatic heterocycles. The monoisotopic (exact) mass is 404 g/mol. The second-order valence-electron chi connectivity index (χ2n) is 6.28. The van der Waals surface area contributed by atoms with E-state index in [1.54, 1.807) is 62.4 Å². The second-order valence-corrected chi connectivity index (χ2v) is 8.14. The van der Waals surface area contributed by atoms with E-state index < -0.39 is 27.9 Å². The minimum atomic E-state index is -3.70. The van der Waals surface area contributed by atoms with E-state index in [2.05, 4.69) is 5.32 Å². The number of nitrogens with zero attached hydrogens (tertiary/aromatic N) is 1. The Morgan fingerprint density at radius 2 is 1.75 bits per heavy atom. The molecule has 0 heterocycles. The largest absolute Gasteiger partial charge is 0.465 e. The third-order valence-electron chi connectivity index (χ3n) is 4.34. The van der Waals surface area contributed by atoms with Gasteiger partial charge in [-0.15, -0.1) is 0 Å². The molecule has 0 bridgehead atoms. The van der Waals surface area contributed by atoms with E-state index in [0.29, 0.717) is 22.5 Å². The fraction of sp³-hybridized carbons (Fsp3) is 0.300. The number of anilines is 2. The molecule has 0 saturated carbocycles. The van der Waals surface area contributed by atoms with Crippen LogP contribution in [0.1, 0.15) is 29.3 Å². The maximum Gasteiger partial charge on any atom is 0.338 e. The minimum absolute atomic E-state index is 0.267. The van der Waals surface area contributed by atoms with Gasteiger partial charge in [-0.3, -0.25) is 9.10 Å². The quantitative estimate of drug-likeness (QED) is 0.716. The first-order valence-electron chi connectivity index (χ1n) is 8.74. The van der Waals surface area contributed by atoms with Gasteiger partial charge < -0.3 is 10.1 Å². The number of rotatable bonds is 7. The number of benzene rings is 2. The van der Waals surface area contributed by atoms with Gasteiger partial charge in [-0.25, -0.2) is 13.2 Å². The Balaban J connectivity index is 2.39. The number of methoxy groups -OCH3 is 1. The van der Waals surface area contributed by atoms with Crippen molar-refractivity contribution in [3.63, 3.8) is 0 Å². The van der Waals surface area contributed by atoms with Crippen LogP contribution >= 0.6 is 0 Å². The lowest BCUT2D eigenvalue weighted by molar-refractivity contribution is -0.117. The SMILES string of the molecule is CCC(C(=O)Nc1cccc(C(=O)OC)c1C)N(c1ccccc1)S(C)(=O)=O. The Labute approximate surface area is 165 Å². The third-order valence-corrected chi connectivity index (χ3v) is 5.52. The van der Waals surface area contributed by atoms with Crippen molar-refractivity contribution in [3.05, 3.63) is 59.7 Å². The third kappa shape index (κ3) is 4.69. The summed E-state index contributed by atoms with van der Waals surface area (Å²) in [6.07, 6.45) is 1.34. The fourth-order valence-corrected chi connectivity index (χ4v) is 4.17. The molecule has 28 heavy (non-hydrogen) atoms. The van der Waals surface area contributed by atoms with Gasteiger partial charge in [0.05, 0.1) is 24.6 Å². The number of carbonyl (C=O) groups excluding carboxylic acids is 2. The zero-order chi connectivity index (χ0) is 20.9. The van der Waals surface area contributed by atoms with Crippen LogP contribution in [0.15, 0.2) is 48.5 Å². The summed E-state index contributed by atoms with van der Waals surface area (Å²) in [5, 5.41) is 2.75. The van der Waals surface area contributed by atoms with E-state index in [4.69, 9.17) is 4.74 Å². The molecule has 150 valence electrons. The highest BCUT2D eigenvalue weighted by Crippen LogP contribution is 2.24. The predicted octanol–water partition coefficient (Wildman–Crippen LogP) is 2.96. The summed E-state index contributed by atoms with van der Waals surface area (Å²) in [5.74, 6) is -0.996. The van der Waals surface area contributed by atoms with Crippen LogP contribution in [-0.2, 0) is 19.6 Å². The summed E-state index contributed by atoms with van der Waals surface area (Å²) < 4.78 is 30.7. The van der Waals surface area contributed by atoms with Crippen molar-refractivity contribution < 1.29 is 22.7 Å². The van der Waals surface area contributed by atoms with Gasteiger partial charge >= 0.3 is 5.97 Å². The summed E-state index contributed by atoms with van der Waals surface area (Å²) in [5.41, 5.74) is 1.71. The van der Waals surface area contributed by atoms with E-state index in [9.17, 15) is 18.0 Å². The molecule has 0 spiro atoms. The molecule has 0 radical (unpaired) electrons. The van der Waals surface area contributed by atoms with Gasteiger partial charge in [0.15, 0.2) is 0 Å². The molecule has 2 aromatic carbocycles. The lowest BCUT2D eigenvalue weighted by Crippen LogP contribution is -2.47. The topological polar surface area (TPSA) is 92.8 Å². The smallest absolute Gasteiger partial charge is 0.338 e. The van der Waals surface area contributed by atoms with Crippen LogP contribution in [0.25, 0.3) is 0 Å². The van der Waals surface area contributed by atoms with Crippen molar-refractivity contribution in [2.75, 3.05) is 23.0 Å². The molecular formula is C20H24N2O5S. The van der Waals surface area contributed by atoms with E-state index >= 15 is 0 Å². The average Bonchev–Trinajstić information content (AvgIpc) is 2.66. The molecular weight excluding hydrogens is 380 g/mol. The molecule has 0 fully saturated rings. The van der Waals surface area contributed by atoms with Crippen LogP contribution in [0.5, 0.6) is 0 Å². The number of ether oxygens (including phenoxy) is 1. The highest BCUT2D eigenvalue weighted by molar-refractivity contribution is 7.92. The molecule has 2 rings (SSSR count). The van der Waals surface area contributed by atoms with Crippen molar-refractivity contribution in [3.8, 4) is 0 Å². The number of hydrogen-bond donors (Lipinski definition) is 1. The Morgan fingerprint density at radius 1 is 1.11 bits per heavy atom. The van der Waals surface area contributed by atoms with Gasteiger partial charge in [-0.2, -0.15) is 0 Å². The Hall–Kier alpha value is -2.87. The van der Waals surface area contributed by atoms with E-state index in [0.717, 1.165) is 10.6 Å². The Kier molecular flexibility index (Phi) is 6.80. The summed E-state index contributed by atoms with van der Waals surface area (Å²) >= 11 is 0. The minimum Gasteiger partial charge on any atom is -0.465 e. The van der Waals surface area contributed by atoms with Crippen molar-refractivity contribution in [1.29, 1.82) is 0 Å². The Morgan fingerprint density at radius 3 is 2.29 bits per heavy atom. The molecule has 2 aromatic rings. The average molecular weight is 404 g/mol. The Bertz CT molecular complexity index is 958. The number of esters is 1. The molecule has 1 atom stereocenters. The first kappa shape index (κ1) is 21.4. The molecule has 0 saturated heterocycles. The normalized spacial score (nSPS) is 12.1. The van der Waals surface area contributed by atoms with Crippen molar-refractivity contribution in [1.82, 2.24) is 0 Å². The van der Waals surface area contributed by atoms with Crippen LogP contribution in [0, 0.1) is 6.92 Å². The first-order valence-corrected chi connectivity index (χ1v) is 10.6. The van der Waals surface area contributed by atoms with Gasteiger partial charge in [0, 0.05) is 5.69 Å². The van der Waals surface area contributed by atoms with E-state index in [1.807, 2.05) is 0 Å². The van der Waals surface area contributed by atoms with Crippen molar-refractivity contribution in [2.24, 2.45) is 0 Å². The summed E-state index contributed by atoms with van der Waals surface area (Å²) in [6, 6.07) is 12.4. The maximum atomic E-state index is 13.0. The highest BCUT2D eigenvalue weighted by atomic mass is 32.2. The zero-order valence-electron chi connectivity index (χ0n) is 16.3. The molecule has 1 N–H and O–H groups in total. The molecule has 0 aliphatic rings. The molecule has 1 amide bonds. The zero-order valence-corrected chi connectivity index (χ0v) is 17.1. The highest BCUT2D eigenvalue weighted by Gasteiger charge is 2.31. The van der Waals surface area contributed by atoms with E-state index in [-0.39, 0.29) is 6.42 Å². The van der Waals surface area contributed by atoms with Crippen LogP contribution in [0.3, 0.4) is 0 Å². The summed E-state index contributed by atoms with van der Waals surface area (Å²) in [7, 11) is -2.42. The van der Waals surface area contributed by atoms with Crippen LogP contribution in [0.4, 0.5) is 11.4 Å². The number of nitrogens with one attached hydrogen (secondary N) is 1. The summed E-state index contributed by atoms with van der Waals surface area (Å²) in [6.45, 7) is 3.43. The number of carbonyl (C=O) groups is 2. The number of para-hydroxylation sites is 1. The van der Waals surface area contributed by atoms with Gasteiger partial charge in [-0.1, -0.05) is 31.2 Å². The number of hydrogen-bond acceptors (Lipinski definition) is 5. The lowest BCUT2D eigenvalue weighted by Gasteiger charge is -2.30. The molecule has 0 aliphatic heterocycles. The lowest BCUT2D eigenvalue weighted by atomic mass is 10.1. The fourth-order valence-electron chi connectivity index (χ4n) is 2.95. The van der Waals surface area contributed by atoms with Crippen LogP contribution in [-0.4, -0.2) is 39.7 Å². The first-order chi connectivity index (χ1) is 13.2. The van der Waals surface area contributed by atoms with Crippen molar-refractivity contribution >= 4 is 33.3 Å².